The second kappa shape index (κ2) is 8.08. The highest BCUT2D eigenvalue weighted by molar-refractivity contribution is 7.99. The van der Waals surface area contributed by atoms with Crippen molar-refractivity contribution < 1.29 is 33.7 Å². The summed E-state index contributed by atoms with van der Waals surface area (Å²) in [6, 6.07) is 6.05. The number of carboxylic acids is 1. The van der Waals surface area contributed by atoms with Crippen LogP contribution in [0.25, 0.3) is 11.2 Å². The molecule has 2 saturated heterocycles. The van der Waals surface area contributed by atoms with E-state index < -0.39 is 44.7 Å². The Morgan fingerprint density at radius 3 is 2.78 bits per heavy atom. The summed E-state index contributed by atoms with van der Waals surface area (Å²) in [5.41, 5.74) is 5.34. The van der Waals surface area contributed by atoms with Crippen LogP contribution in [0.2, 0.25) is 0 Å². The molecule has 2 aliphatic heterocycles. The highest BCUT2D eigenvalue weighted by Crippen LogP contribution is 2.47. The number of carboxylic acid groups (broad SMARTS) is 1. The standard InChI is InChI=1S/C17H16N5O8PS/c18-16-20-12-9(13(24)21-16)19-17(32-7-3-1-6(2-4-7)15(25)26)22(12)14-10(23)11-8(29-14)5-28-31(27)30-11/h1-4,8,10-11,14,23,27H,5H2,(H,25,26)(H3,18,20,21,24)/t8?,10?,11-,14-,31?/m1/s1. The van der Waals surface area contributed by atoms with Crippen LogP contribution in [0.15, 0.2) is 39.1 Å². The van der Waals surface area contributed by atoms with Crippen LogP contribution in [0.3, 0.4) is 0 Å². The van der Waals surface area contributed by atoms with E-state index in [0.29, 0.717) is 4.90 Å². The number of aromatic carboxylic acids is 1. The number of imidazole rings is 1. The van der Waals surface area contributed by atoms with E-state index in [4.69, 9.17) is 24.6 Å². The summed E-state index contributed by atoms with van der Waals surface area (Å²) in [5, 5.41) is 20.2. The van der Waals surface area contributed by atoms with Crippen molar-refractivity contribution in [3.8, 4) is 0 Å². The highest BCUT2D eigenvalue weighted by Gasteiger charge is 2.50. The number of aromatic nitrogens is 4. The zero-order valence-corrected chi connectivity index (χ0v) is 17.7. The number of nitrogens with one attached hydrogen (secondary N) is 1. The number of fused-ring (bicyclic) bond motifs is 2. The molecule has 4 heterocycles. The zero-order valence-electron chi connectivity index (χ0n) is 16.0. The van der Waals surface area contributed by atoms with Crippen LogP contribution in [0.1, 0.15) is 16.6 Å². The van der Waals surface area contributed by atoms with Crippen molar-refractivity contribution in [1.29, 1.82) is 0 Å². The van der Waals surface area contributed by atoms with E-state index in [9.17, 15) is 19.6 Å². The number of aliphatic hydroxyl groups excluding tert-OH is 1. The number of ether oxygens (including phenoxy) is 1. The first-order valence-corrected chi connectivity index (χ1v) is 11.2. The van der Waals surface area contributed by atoms with Crippen molar-refractivity contribution in [2.75, 3.05) is 12.3 Å². The molecule has 6 N–H and O–H groups in total. The van der Waals surface area contributed by atoms with E-state index >= 15 is 0 Å². The minimum atomic E-state index is -2.14. The molecule has 13 nitrogen and oxygen atoms in total. The van der Waals surface area contributed by atoms with Crippen LogP contribution in [-0.4, -0.2) is 65.5 Å². The summed E-state index contributed by atoms with van der Waals surface area (Å²) >= 11 is 1.11. The smallest absolute Gasteiger partial charge is 0.335 e. The predicted octanol–water partition coefficient (Wildman–Crippen LogP) is 0.444. The number of H-pyrrole nitrogens is 1. The first-order valence-electron chi connectivity index (χ1n) is 9.23. The molecule has 0 bridgehead atoms. The number of hydrogen-bond acceptors (Lipinski definition) is 11. The molecular formula is C17H16N5O8PS. The number of hydrogen-bond donors (Lipinski definition) is 5. The molecule has 15 heteroatoms. The van der Waals surface area contributed by atoms with Crippen molar-refractivity contribution in [2.24, 2.45) is 0 Å². The van der Waals surface area contributed by atoms with E-state index in [0.717, 1.165) is 11.8 Å². The van der Waals surface area contributed by atoms with Crippen LogP contribution in [0.4, 0.5) is 5.95 Å². The van der Waals surface area contributed by atoms with E-state index in [1.54, 1.807) is 12.1 Å². The summed E-state index contributed by atoms with van der Waals surface area (Å²) in [6.45, 7) is 0.0162. The lowest BCUT2D eigenvalue weighted by molar-refractivity contribution is -0.0614. The fourth-order valence-corrected chi connectivity index (χ4v) is 5.23. The molecule has 0 spiro atoms. The van der Waals surface area contributed by atoms with Gasteiger partial charge in [0.2, 0.25) is 5.95 Å². The van der Waals surface area contributed by atoms with Gasteiger partial charge in [-0.2, -0.15) is 4.98 Å². The SMILES string of the molecule is Nc1nc2c(nc(Sc3ccc(C(=O)O)cc3)n2[C@@H]2OC3COP(O)O[C@H]3C2O)c(=O)[nH]1. The summed E-state index contributed by atoms with van der Waals surface area (Å²) in [4.78, 5) is 44.7. The molecule has 3 aromatic rings. The monoisotopic (exact) mass is 481 g/mol. The Morgan fingerprint density at radius 2 is 2.06 bits per heavy atom. The maximum Gasteiger partial charge on any atom is 0.335 e. The van der Waals surface area contributed by atoms with Gasteiger partial charge in [-0.05, 0) is 24.3 Å². The third-order valence-electron chi connectivity index (χ3n) is 4.97. The van der Waals surface area contributed by atoms with Crippen LogP contribution in [0.5, 0.6) is 0 Å². The minimum absolute atomic E-state index is 0.0162. The van der Waals surface area contributed by atoms with Gasteiger partial charge < -0.3 is 34.6 Å². The Bertz CT molecular complexity index is 1250. The van der Waals surface area contributed by atoms with Crippen LogP contribution in [-0.2, 0) is 13.8 Å². The average Bonchev–Trinajstić information content (AvgIpc) is 3.26. The molecule has 168 valence electrons. The normalized spacial score (nSPS) is 27.5. The van der Waals surface area contributed by atoms with Gasteiger partial charge in [-0.3, -0.25) is 14.3 Å². The third kappa shape index (κ3) is 3.65. The second-order valence-electron chi connectivity index (χ2n) is 6.98. The molecule has 0 saturated carbocycles. The first-order chi connectivity index (χ1) is 15.3. The molecule has 0 aliphatic carbocycles. The number of anilines is 1. The van der Waals surface area contributed by atoms with Crippen LogP contribution < -0.4 is 11.3 Å². The Hall–Kier alpha value is -2.58. The number of nitrogens with two attached hydrogens (primary N) is 1. The number of nitrogens with zero attached hydrogens (tertiary/aromatic N) is 3. The molecule has 3 unspecified atom stereocenters. The van der Waals surface area contributed by atoms with Gasteiger partial charge in [0.1, 0.15) is 18.3 Å². The fourth-order valence-electron chi connectivity index (χ4n) is 3.52. The summed E-state index contributed by atoms with van der Waals surface area (Å²) in [6.07, 6.45) is -3.80. The second-order valence-corrected chi connectivity index (χ2v) is 8.96. The molecule has 0 amide bonds. The summed E-state index contributed by atoms with van der Waals surface area (Å²) < 4.78 is 17.8. The quantitative estimate of drug-likeness (QED) is 0.323. The molecule has 5 rings (SSSR count). The Labute approximate surface area is 184 Å². The lowest BCUT2D eigenvalue weighted by Gasteiger charge is -2.27. The van der Waals surface area contributed by atoms with Crippen molar-refractivity contribution in [3.05, 3.63) is 40.2 Å². The molecule has 0 radical (unpaired) electrons. The van der Waals surface area contributed by atoms with Crippen LogP contribution in [0, 0.1) is 0 Å². The molecule has 2 fully saturated rings. The molecule has 5 atom stereocenters. The number of carbonyl (C=O) groups is 1. The summed E-state index contributed by atoms with van der Waals surface area (Å²) in [5.74, 6) is -1.20. The topological polar surface area (TPSA) is 195 Å². The minimum Gasteiger partial charge on any atom is -0.478 e. The Morgan fingerprint density at radius 1 is 1.31 bits per heavy atom. The van der Waals surface area contributed by atoms with Gasteiger partial charge in [-0.1, -0.05) is 11.8 Å². The number of benzene rings is 1. The average molecular weight is 481 g/mol. The predicted molar refractivity (Wildman–Crippen MR) is 110 cm³/mol. The molecule has 1 aromatic carbocycles. The highest BCUT2D eigenvalue weighted by atomic mass is 32.2. The molecule has 32 heavy (non-hydrogen) atoms. The van der Waals surface area contributed by atoms with Crippen molar-refractivity contribution >= 4 is 43.4 Å². The third-order valence-corrected chi connectivity index (χ3v) is 6.74. The number of rotatable bonds is 4. The van der Waals surface area contributed by atoms with Gasteiger partial charge in [0.05, 0.1) is 12.2 Å². The molecular weight excluding hydrogens is 465 g/mol. The van der Waals surface area contributed by atoms with Gasteiger partial charge in [-0.25, -0.2) is 9.78 Å². The zero-order chi connectivity index (χ0) is 22.6. The van der Waals surface area contributed by atoms with E-state index in [1.807, 2.05) is 0 Å². The maximum absolute atomic E-state index is 12.4. The Kier molecular flexibility index (Phi) is 5.37. The fraction of sp³-hybridized carbons (Fsp3) is 0.294. The van der Waals surface area contributed by atoms with Crippen LogP contribution >= 0.6 is 20.4 Å². The first kappa shape index (κ1) is 21.3. The largest absolute Gasteiger partial charge is 0.478 e. The maximum atomic E-state index is 12.4. The van der Waals surface area contributed by atoms with Crippen molar-refractivity contribution in [1.82, 2.24) is 19.5 Å². The number of aliphatic hydroxyl groups is 1. The number of aromatic amines is 1. The number of nitrogen functional groups attached to an aromatic ring is 1. The van der Waals surface area contributed by atoms with Gasteiger partial charge in [0.15, 0.2) is 22.5 Å². The van der Waals surface area contributed by atoms with E-state index in [2.05, 4.69) is 15.0 Å². The van der Waals surface area contributed by atoms with Gasteiger partial charge in [-0.15, -0.1) is 0 Å². The summed E-state index contributed by atoms with van der Waals surface area (Å²) in [7, 11) is -2.14. The van der Waals surface area contributed by atoms with Gasteiger partial charge >= 0.3 is 14.6 Å². The van der Waals surface area contributed by atoms with Gasteiger partial charge in [0.25, 0.3) is 5.56 Å². The van der Waals surface area contributed by atoms with E-state index in [1.165, 1.54) is 16.7 Å². The lowest BCUT2D eigenvalue weighted by atomic mass is 10.1. The van der Waals surface area contributed by atoms with Crippen molar-refractivity contribution in [2.45, 2.75) is 34.6 Å². The Balaban J connectivity index is 1.59. The lowest BCUT2D eigenvalue weighted by Crippen LogP contribution is -2.38. The van der Waals surface area contributed by atoms with E-state index in [-0.39, 0.29) is 34.4 Å². The molecule has 2 aliphatic rings. The van der Waals surface area contributed by atoms with Crippen molar-refractivity contribution in [3.63, 3.8) is 0 Å². The molecule has 2 aromatic heterocycles. The van der Waals surface area contributed by atoms with Gasteiger partial charge in [0, 0.05) is 4.90 Å².